The molecule has 0 N–H and O–H groups in total. The molecule has 128 valence electrons. The van der Waals surface area contributed by atoms with Crippen molar-refractivity contribution in [3.8, 4) is 6.07 Å². The molecule has 0 aliphatic carbocycles. The number of carbonyl (C=O) groups excluding carboxylic acids is 1. The van der Waals surface area contributed by atoms with E-state index in [1.54, 1.807) is 23.1 Å². The lowest BCUT2D eigenvalue weighted by molar-refractivity contribution is -0.122. The number of piperazine rings is 1. The van der Waals surface area contributed by atoms with Crippen LogP contribution in [0.5, 0.6) is 0 Å². The summed E-state index contributed by atoms with van der Waals surface area (Å²) in [5.41, 5.74) is 3.32. The molecular formula is C20H20FN3O. The van der Waals surface area contributed by atoms with E-state index >= 15 is 0 Å². The van der Waals surface area contributed by atoms with E-state index in [4.69, 9.17) is 5.26 Å². The van der Waals surface area contributed by atoms with Gasteiger partial charge in [-0.15, -0.1) is 0 Å². The number of anilines is 1. The third-order valence-electron chi connectivity index (χ3n) is 4.70. The van der Waals surface area contributed by atoms with Crippen LogP contribution in [0.25, 0.3) is 0 Å². The number of benzene rings is 2. The maximum absolute atomic E-state index is 13.3. The summed E-state index contributed by atoms with van der Waals surface area (Å²) in [7, 11) is 0. The summed E-state index contributed by atoms with van der Waals surface area (Å²) in [6, 6.07) is 14.1. The van der Waals surface area contributed by atoms with Gasteiger partial charge in [0.25, 0.3) is 0 Å². The lowest BCUT2D eigenvalue weighted by Gasteiger charge is -2.39. The zero-order valence-corrected chi connectivity index (χ0v) is 14.4. The van der Waals surface area contributed by atoms with Crippen LogP contribution in [0.15, 0.2) is 42.5 Å². The van der Waals surface area contributed by atoms with Crippen molar-refractivity contribution < 1.29 is 9.18 Å². The van der Waals surface area contributed by atoms with Crippen LogP contribution in [0.1, 0.15) is 23.6 Å². The lowest BCUT2D eigenvalue weighted by Crippen LogP contribution is -2.54. The number of halogens is 1. The summed E-state index contributed by atoms with van der Waals surface area (Å²) in [6.45, 7) is 5.50. The highest BCUT2D eigenvalue weighted by Gasteiger charge is 2.30. The van der Waals surface area contributed by atoms with Gasteiger partial charge < -0.3 is 4.90 Å². The monoisotopic (exact) mass is 337 g/mol. The molecule has 2 aromatic rings. The van der Waals surface area contributed by atoms with Crippen LogP contribution in [0.2, 0.25) is 0 Å². The number of rotatable bonds is 3. The van der Waals surface area contributed by atoms with E-state index in [0.717, 1.165) is 16.8 Å². The zero-order valence-electron chi connectivity index (χ0n) is 14.4. The normalized spacial score (nSPS) is 18.2. The van der Waals surface area contributed by atoms with Gasteiger partial charge in [-0.1, -0.05) is 6.07 Å². The van der Waals surface area contributed by atoms with E-state index in [2.05, 4.69) is 17.9 Å². The zero-order chi connectivity index (χ0) is 18.0. The van der Waals surface area contributed by atoms with Gasteiger partial charge in [-0.2, -0.15) is 5.26 Å². The minimum atomic E-state index is -0.240. The molecule has 1 saturated heterocycles. The minimum absolute atomic E-state index is 0.0302. The molecule has 2 aromatic carbocycles. The molecule has 4 nitrogen and oxygen atoms in total. The van der Waals surface area contributed by atoms with Crippen molar-refractivity contribution in [1.29, 1.82) is 5.26 Å². The molecule has 1 aliphatic heterocycles. The summed E-state index contributed by atoms with van der Waals surface area (Å²) in [4.78, 5) is 16.5. The number of nitriles is 1. The fraction of sp³-hybridized carbons (Fsp3) is 0.300. The summed E-state index contributed by atoms with van der Waals surface area (Å²) >= 11 is 0. The molecule has 0 radical (unpaired) electrons. The second-order valence-electron chi connectivity index (χ2n) is 6.49. The Morgan fingerprint density at radius 2 is 1.96 bits per heavy atom. The Kier molecular flexibility index (Phi) is 4.82. The van der Waals surface area contributed by atoms with Crippen LogP contribution in [0.4, 0.5) is 10.1 Å². The summed E-state index contributed by atoms with van der Waals surface area (Å²) < 4.78 is 13.3. The Labute approximate surface area is 147 Å². The first-order chi connectivity index (χ1) is 12.0. The molecule has 0 bridgehead atoms. The molecule has 3 rings (SSSR count). The Morgan fingerprint density at radius 3 is 2.60 bits per heavy atom. The van der Waals surface area contributed by atoms with Crippen LogP contribution >= 0.6 is 0 Å². The summed E-state index contributed by atoms with van der Waals surface area (Å²) in [6.07, 6.45) is 0. The van der Waals surface area contributed by atoms with Crippen LogP contribution in [-0.4, -0.2) is 29.9 Å². The number of carbonyl (C=O) groups is 1. The fourth-order valence-corrected chi connectivity index (χ4v) is 3.13. The number of hydrogen-bond acceptors (Lipinski definition) is 3. The van der Waals surface area contributed by atoms with E-state index < -0.39 is 0 Å². The van der Waals surface area contributed by atoms with E-state index in [1.807, 2.05) is 19.1 Å². The topological polar surface area (TPSA) is 47.3 Å². The molecule has 0 spiro atoms. The molecule has 1 atom stereocenters. The Bertz CT molecular complexity index is 826. The molecular weight excluding hydrogens is 317 g/mol. The molecule has 1 heterocycles. The fourth-order valence-electron chi connectivity index (χ4n) is 3.13. The SMILES string of the molecule is Cc1cc(F)ccc1CN1CC(=O)N(c2ccc(C#N)cc2)CC1C. The molecule has 0 saturated carbocycles. The highest BCUT2D eigenvalue weighted by atomic mass is 19.1. The van der Waals surface area contributed by atoms with Crippen molar-refractivity contribution in [3.05, 3.63) is 65.0 Å². The lowest BCUT2D eigenvalue weighted by atomic mass is 10.1. The number of amides is 1. The van der Waals surface area contributed by atoms with Gasteiger partial charge in [-0.05, 0) is 61.4 Å². The van der Waals surface area contributed by atoms with E-state index in [1.165, 1.54) is 12.1 Å². The van der Waals surface area contributed by atoms with Crippen LogP contribution < -0.4 is 4.90 Å². The molecule has 5 heteroatoms. The predicted octanol–water partition coefficient (Wildman–Crippen LogP) is 3.24. The predicted molar refractivity (Wildman–Crippen MR) is 94.5 cm³/mol. The smallest absolute Gasteiger partial charge is 0.241 e. The van der Waals surface area contributed by atoms with Crippen molar-refractivity contribution in [3.63, 3.8) is 0 Å². The number of aryl methyl sites for hydroxylation is 1. The van der Waals surface area contributed by atoms with Gasteiger partial charge >= 0.3 is 0 Å². The van der Waals surface area contributed by atoms with Crippen molar-refractivity contribution in [2.45, 2.75) is 26.4 Å². The molecule has 25 heavy (non-hydrogen) atoms. The second kappa shape index (κ2) is 7.04. The van der Waals surface area contributed by atoms with Crippen molar-refractivity contribution in [2.75, 3.05) is 18.0 Å². The first-order valence-corrected chi connectivity index (χ1v) is 8.27. The van der Waals surface area contributed by atoms with Gasteiger partial charge in [-0.25, -0.2) is 4.39 Å². The molecule has 1 unspecified atom stereocenters. The number of nitrogens with zero attached hydrogens (tertiary/aromatic N) is 3. The Morgan fingerprint density at radius 1 is 1.24 bits per heavy atom. The standard InChI is InChI=1S/C20H20FN3O/c1-14-9-18(21)6-5-17(14)12-23-13-20(25)24(11-15(23)2)19-7-3-16(10-22)4-8-19/h3-9,15H,11-13H2,1-2H3. The van der Waals surface area contributed by atoms with Crippen LogP contribution in [-0.2, 0) is 11.3 Å². The van der Waals surface area contributed by atoms with Gasteiger partial charge in [0, 0.05) is 24.8 Å². The maximum atomic E-state index is 13.3. The van der Waals surface area contributed by atoms with Gasteiger partial charge in [0.05, 0.1) is 18.2 Å². The molecule has 1 fully saturated rings. The van der Waals surface area contributed by atoms with Crippen molar-refractivity contribution in [1.82, 2.24) is 4.90 Å². The molecule has 0 aromatic heterocycles. The quantitative estimate of drug-likeness (QED) is 0.864. The third-order valence-corrected chi connectivity index (χ3v) is 4.70. The average Bonchev–Trinajstić information content (AvgIpc) is 2.60. The number of hydrogen-bond donors (Lipinski definition) is 0. The van der Waals surface area contributed by atoms with Crippen LogP contribution in [0, 0.1) is 24.1 Å². The highest BCUT2D eigenvalue weighted by molar-refractivity contribution is 5.95. The second-order valence-corrected chi connectivity index (χ2v) is 6.49. The first kappa shape index (κ1) is 17.1. The minimum Gasteiger partial charge on any atom is -0.310 e. The van der Waals surface area contributed by atoms with E-state index in [-0.39, 0.29) is 17.8 Å². The highest BCUT2D eigenvalue weighted by Crippen LogP contribution is 2.23. The van der Waals surface area contributed by atoms with Crippen LogP contribution in [0.3, 0.4) is 0 Å². The van der Waals surface area contributed by atoms with Gasteiger partial charge in [-0.3, -0.25) is 9.69 Å². The van der Waals surface area contributed by atoms with Gasteiger partial charge in [0.1, 0.15) is 5.82 Å². The third kappa shape index (κ3) is 3.70. The Balaban J connectivity index is 1.73. The van der Waals surface area contributed by atoms with E-state index in [9.17, 15) is 9.18 Å². The first-order valence-electron chi connectivity index (χ1n) is 8.27. The van der Waals surface area contributed by atoms with Crippen molar-refractivity contribution >= 4 is 11.6 Å². The Hall–Kier alpha value is -2.71. The van der Waals surface area contributed by atoms with E-state index in [0.29, 0.717) is 25.2 Å². The molecule has 1 aliphatic rings. The summed E-state index contributed by atoms with van der Waals surface area (Å²) in [5.74, 6) is -0.210. The summed E-state index contributed by atoms with van der Waals surface area (Å²) in [5, 5.41) is 8.89. The maximum Gasteiger partial charge on any atom is 0.241 e. The average molecular weight is 337 g/mol. The van der Waals surface area contributed by atoms with Gasteiger partial charge in [0.2, 0.25) is 5.91 Å². The largest absolute Gasteiger partial charge is 0.310 e. The molecule has 1 amide bonds. The van der Waals surface area contributed by atoms with Crippen molar-refractivity contribution in [2.24, 2.45) is 0 Å². The van der Waals surface area contributed by atoms with Gasteiger partial charge in [0.15, 0.2) is 0 Å².